The Hall–Kier alpha value is -1.74. The van der Waals surface area contributed by atoms with Crippen LogP contribution in [0.4, 0.5) is 0 Å². The van der Waals surface area contributed by atoms with Crippen molar-refractivity contribution < 1.29 is 4.79 Å². The molecule has 1 N–H and O–H groups in total. The zero-order valence-electron chi connectivity index (χ0n) is 10.2. The average Bonchev–Trinajstić information content (AvgIpc) is 2.45. The van der Waals surface area contributed by atoms with E-state index in [1.54, 1.807) is 7.05 Å². The molecule has 3 heteroatoms. The molecule has 0 aliphatic carbocycles. The maximum absolute atomic E-state index is 9.06. The van der Waals surface area contributed by atoms with Crippen LogP contribution in [0.25, 0.3) is 0 Å². The Balaban J connectivity index is 0.000000267. The van der Waals surface area contributed by atoms with E-state index in [9.17, 15) is 0 Å². The molecule has 0 radical (unpaired) electrons. The maximum atomic E-state index is 9.06. The van der Waals surface area contributed by atoms with Gasteiger partial charge in [-0.2, -0.15) is 0 Å². The first kappa shape index (κ1) is 12.7. The molecule has 1 amide bonds. The summed E-state index contributed by atoms with van der Waals surface area (Å²) < 4.78 is 0. The normalized spacial score (nSPS) is 11.4. The van der Waals surface area contributed by atoms with Gasteiger partial charge in [-0.25, -0.2) is 0 Å². The fraction of sp³-hybridized carbons (Fsp3) is 0.133. The Labute approximate surface area is 111 Å². The summed E-state index contributed by atoms with van der Waals surface area (Å²) in [5.74, 6) is 0. The van der Waals surface area contributed by atoms with E-state index in [0.29, 0.717) is 6.41 Å². The highest BCUT2D eigenvalue weighted by atomic mass is 32.2. The van der Waals surface area contributed by atoms with Crippen molar-refractivity contribution in [3.05, 3.63) is 59.7 Å². The molecule has 0 bridgehead atoms. The Morgan fingerprint density at radius 2 is 1.44 bits per heavy atom. The Bertz CT molecular complexity index is 452. The van der Waals surface area contributed by atoms with Gasteiger partial charge in [0.15, 0.2) is 0 Å². The van der Waals surface area contributed by atoms with Gasteiger partial charge < -0.3 is 5.32 Å². The second kappa shape index (κ2) is 6.26. The fourth-order valence-electron chi connectivity index (χ4n) is 1.82. The van der Waals surface area contributed by atoms with E-state index in [4.69, 9.17) is 4.79 Å². The zero-order valence-corrected chi connectivity index (χ0v) is 11.0. The topological polar surface area (TPSA) is 29.1 Å². The van der Waals surface area contributed by atoms with Gasteiger partial charge in [-0.3, -0.25) is 4.79 Å². The summed E-state index contributed by atoms with van der Waals surface area (Å²) >= 11 is 1.88. The van der Waals surface area contributed by atoms with Gasteiger partial charge in [0.25, 0.3) is 0 Å². The number of hydrogen-bond donors (Lipinski definition) is 1. The molecule has 0 fully saturated rings. The molecule has 3 rings (SSSR count). The number of amides is 1. The highest BCUT2D eigenvalue weighted by Gasteiger charge is 2.13. The van der Waals surface area contributed by atoms with Gasteiger partial charge in [-0.1, -0.05) is 48.2 Å². The van der Waals surface area contributed by atoms with Crippen LogP contribution >= 0.6 is 11.8 Å². The molecule has 1 heterocycles. The summed E-state index contributed by atoms with van der Waals surface area (Å²) in [7, 11) is 1.56. The predicted molar refractivity (Wildman–Crippen MR) is 74.9 cm³/mol. The third-order valence-corrected chi connectivity index (χ3v) is 3.90. The molecule has 0 atom stereocenters. The summed E-state index contributed by atoms with van der Waals surface area (Å²) in [6.07, 6.45) is 1.71. The first-order valence-corrected chi connectivity index (χ1v) is 6.61. The van der Waals surface area contributed by atoms with E-state index < -0.39 is 0 Å². The Morgan fingerprint density at radius 3 is 1.89 bits per heavy atom. The van der Waals surface area contributed by atoms with Crippen LogP contribution < -0.4 is 5.32 Å². The number of carbonyl (C=O) groups excluding carboxylic acids is 1. The highest BCUT2D eigenvalue weighted by molar-refractivity contribution is 7.99. The van der Waals surface area contributed by atoms with Gasteiger partial charge in [-0.15, -0.1) is 0 Å². The van der Waals surface area contributed by atoms with Crippen LogP contribution in [-0.4, -0.2) is 13.5 Å². The van der Waals surface area contributed by atoms with Crippen LogP contribution in [0.15, 0.2) is 58.3 Å². The third-order valence-electron chi connectivity index (χ3n) is 2.66. The first-order chi connectivity index (χ1) is 8.85. The average molecular weight is 257 g/mol. The summed E-state index contributed by atoms with van der Waals surface area (Å²) in [5.41, 5.74) is 2.91. The number of fused-ring (bicyclic) bond motifs is 2. The van der Waals surface area contributed by atoms with Crippen LogP contribution in [0, 0.1) is 0 Å². The van der Waals surface area contributed by atoms with Crippen molar-refractivity contribution >= 4 is 18.2 Å². The summed E-state index contributed by atoms with van der Waals surface area (Å²) in [6, 6.07) is 17.3. The van der Waals surface area contributed by atoms with Crippen LogP contribution in [0.3, 0.4) is 0 Å². The molecule has 2 nitrogen and oxygen atoms in total. The van der Waals surface area contributed by atoms with Crippen molar-refractivity contribution in [1.29, 1.82) is 0 Å². The van der Waals surface area contributed by atoms with Crippen LogP contribution in [0.2, 0.25) is 0 Å². The summed E-state index contributed by atoms with van der Waals surface area (Å²) in [6.45, 7) is 0. The van der Waals surface area contributed by atoms with E-state index in [1.165, 1.54) is 20.9 Å². The molecular weight excluding hydrogens is 242 g/mol. The van der Waals surface area contributed by atoms with Gasteiger partial charge in [0.2, 0.25) is 6.41 Å². The quantitative estimate of drug-likeness (QED) is 0.679. The highest BCUT2D eigenvalue weighted by Crippen LogP contribution is 2.38. The molecule has 2 aromatic rings. The molecular formula is C15H15NOS. The maximum Gasteiger partial charge on any atom is 0.206 e. The Kier molecular flexibility index (Phi) is 4.42. The van der Waals surface area contributed by atoms with E-state index in [1.807, 2.05) is 11.8 Å². The minimum atomic E-state index is 0.625. The van der Waals surface area contributed by atoms with Crippen molar-refractivity contribution in [2.75, 3.05) is 7.05 Å². The van der Waals surface area contributed by atoms with Crippen molar-refractivity contribution in [3.63, 3.8) is 0 Å². The smallest absolute Gasteiger partial charge is 0.206 e. The molecule has 1 aliphatic rings. The van der Waals surface area contributed by atoms with Crippen LogP contribution in [0.5, 0.6) is 0 Å². The molecule has 0 unspecified atom stereocenters. The third kappa shape index (κ3) is 2.93. The van der Waals surface area contributed by atoms with Gasteiger partial charge in [-0.05, 0) is 29.7 Å². The zero-order chi connectivity index (χ0) is 12.8. The van der Waals surface area contributed by atoms with Crippen LogP contribution in [-0.2, 0) is 11.2 Å². The van der Waals surface area contributed by atoms with Crippen LogP contribution in [0.1, 0.15) is 11.1 Å². The van der Waals surface area contributed by atoms with Gasteiger partial charge in [0, 0.05) is 16.8 Å². The molecule has 92 valence electrons. The number of nitrogens with one attached hydrogen (secondary N) is 1. The standard InChI is InChI=1S/C13H10S.C2H5NO/c1-3-7-12-10(5-1)9-11-6-2-4-8-13(11)14-12;1-3-2-4/h1-8H,9H2;2H,1H3,(H,3,4). The monoisotopic (exact) mass is 257 g/mol. The first-order valence-electron chi connectivity index (χ1n) is 5.79. The minimum absolute atomic E-state index is 0.625. The summed E-state index contributed by atoms with van der Waals surface area (Å²) in [5, 5.41) is 2.25. The lowest BCUT2D eigenvalue weighted by molar-refractivity contribution is -0.109. The largest absolute Gasteiger partial charge is 0.362 e. The second-order valence-electron chi connectivity index (χ2n) is 3.90. The lowest BCUT2D eigenvalue weighted by Gasteiger charge is -2.17. The molecule has 0 spiro atoms. The van der Waals surface area contributed by atoms with Crippen molar-refractivity contribution in [3.8, 4) is 0 Å². The van der Waals surface area contributed by atoms with Gasteiger partial charge >= 0.3 is 0 Å². The number of hydrogen-bond acceptors (Lipinski definition) is 2. The van der Waals surface area contributed by atoms with Gasteiger partial charge in [0.05, 0.1) is 0 Å². The summed E-state index contributed by atoms with van der Waals surface area (Å²) in [4.78, 5) is 11.9. The Morgan fingerprint density at radius 1 is 1.00 bits per heavy atom. The van der Waals surface area contributed by atoms with E-state index in [2.05, 4.69) is 53.8 Å². The molecule has 2 aromatic carbocycles. The van der Waals surface area contributed by atoms with Crippen molar-refractivity contribution in [1.82, 2.24) is 5.32 Å². The predicted octanol–water partition coefficient (Wildman–Crippen LogP) is 3.10. The molecule has 1 aliphatic heterocycles. The van der Waals surface area contributed by atoms with Gasteiger partial charge in [0.1, 0.15) is 0 Å². The second-order valence-corrected chi connectivity index (χ2v) is 4.98. The lowest BCUT2D eigenvalue weighted by atomic mass is 10.0. The molecule has 0 aromatic heterocycles. The SMILES string of the molecule is CNC=O.c1ccc2c(c1)Cc1ccccc1S2. The fourth-order valence-corrected chi connectivity index (χ4v) is 2.90. The molecule has 0 saturated heterocycles. The van der Waals surface area contributed by atoms with E-state index in [-0.39, 0.29) is 0 Å². The molecule has 0 saturated carbocycles. The van der Waals surface area contributed by atoms with E-state index in [0.717, 1.165) is 6.42 Å². The van der Waals surface area contributed by atoms with Crippen molar-refractivity contribution in [2.45, 2.75) is 16.2 Å². The van der Waals surface area contributed by atoms with Crippen molar-refractivity contribution in [2.24, 2.45) is 0 Å². The number of carbonyl (C=O) groups is 1. The number of rotatable bonds is 1. The van der Waals surface area contributed by atoms with E-state index >= 15 is 0 Å². The number of benzene rings is 2. The minimum Gasteiger partial charge on any atom is -0.362 e. The lowest BCUT2D eigenvalue weighted by Crippen LogP contribution is -1.98. The molecule has 18 heavy (non-hydrogen) atoms.